The first-order chi connectivity index (χ1) is 12.7. The van der Waals surface area contributed by atoms with E-state index < -0.39 is 11.9 Å². The number of carbonyl (C=O) groups excluding carboxylic acids is 1. The number of primary amides is 1. The fraction of sp³-hybridized carbons (Fsp3) is 0.0500. The number of benzene rings is 2. The Labute approximate surface area is 150 Å². The van der Waals surface area contributed by atoms with E-state index in [-0.39, 0.29) is 0 Å². The Balaban J connectivity index is 1.65. The van der Waals surface area contributed by atoms with Gasteiger partial charge in [-0.3, -0.25) is 14.9 Å². The Bertz CT molecular complexity index is 1060. The number of carbonyl (C=O) groups is 1. The summed E-state index contributed by atoms with van der Waals surface area (Å²) in [6.07, 6.45) is 5.25. The minimum atomic E-state index is -0.621. The normalized spacial score (nSPS) is 12.0. The lowest BCUT2D eigenvalue weighted by Gasteiger charge is -2.17. The number of nitrogens with one attached hydrogen (secondary N) is 2. The van der Waals surface area contributed by atoms with Gasteiger partial charge in [-0.1, -0.05) is 36.4 Å². The van der Waals surface area contributed by atoms with Gasteiger partial charge in [-0.15, -0.1) is 0 Å². The van der Waals surface area contributed by atoms with Crippen LogP contribution >= 0.6 is 0 Å². The van der Waals surface area contributed by atoms with Crippen LogP contribution in [-0.2, 0) is 4.79 Å². The number of anilines is 1. The molecule has 0 aliphatic rings. The molecular formula is C20H17N5O. The highest BCUT2D eigenvalue weighted by atomic mass is 16.1. The predicted octanol–water partition coefficient (Wildman–Crippen LogP) is 3.26. The quantitative estimate of drug-likeness (QED) is 0.518. The van der Waals surface area contributed by atoms with Gasteiger partial charge >= 0.3 is 0 Å². The highest BCUT2D eigenvalue weighted by Gasteiger charge is 2.17. The van der Waals surface area contributed by atoms with Crippen molar-refractivity contribution in [3.05, 3.63) is 78.8 Å². The van der Waals surface area contributed by atoms with E-state index in [0.717, 1.165) is 33.3 Å². The number of amides is 1. The maximum absolute atomic E-state index is 11.9. The first kappa shape index (κ1) is 15.8. The molecule has 4 aromatic rings. The Morgan fingerprint density at radius 1 is 1.00 bits per heavy atom. The maximum atomic E-state index is 11.9. The molecule has 0 spiro atoms. The lowest BCUT2D eigenvalue weighted by Crippen LogP contribution is -2.27. The van der Waals surface area contributed by atoms with E-state index >= 15 is 0 Å². The summed E-state index contributed by atoms with van der Waals surface area (Å²) in [5.41, 5.74) is 10.1. The van der Waals surface area contributed by atoms with Crippen molar-refractivity contribution < 1.29 is 4.79 Å². The van der Waals surface area contributed by atoms with Gasteiger partial charge in [-0.25, -0.2) is 0 Å². The molecule has 0 unspecified atom stereocenters. The zero-order valence-corrected chi connectivity index (χ0v) is 13.9. The van der Waals surface area contributed by atoms with Crippen LogP contribution in [0.5, 0.6) is 0 Å². The van der Waals surface area contributed by atoms with Gasteiger partial charge in [0.25, 0.3) is 0 Å². The molecule has 1 atom stereocenters. The van der Waals surface area contributed by atoms with Crippen molar-refractivity contribution in [3.63, 3.8) is 0 Å². The van der Waals surface area contributed by atoms with Crippen molar-refractivity contribution in [2.45, 2.75) is 6.04 Å². The second kappa shape index (κ2) is 6.68. The van der Waals surface area contributed by atoms with E-state index in [1.54, 1.807) is 18.6 Å². The van der Waals surface area contributed by atoms with Crippen molar-refractivity contribution in [3.8, 4) is 11.1 Å². The van der Waals surface area contributed by atoms with Crippen molar-refractivity contribution >= 4 is 22.5 Å². The summed E-state index contributed by atoms with van der Waals surface area (Å²) in [7, 11) is 0. The number of nitrogens with zero attached hydrogens (tertiary/aromatic N) is 2. The second-order valence-electron chi connectivity index (χ2n) is 6.02. The van der Waals surface area contributed by atoms with Crippen LogP contribution in [0.4, 0.5) is 5.69 Å². The molecule has 0 aliphatic heterocycles. The third-order valence-electron chi connectivity index (χ3n) is 4.24. The van der Waals surface area contributed by atoms with Crippen molar-refractivity contribution in [1.82, 2.24) is 15.2 Å². The van der Waals surface area contributed by atoms with Crippen LogP contribution in [0, 0.1) is 0 Å². The Hall–Kier alpha value is -3.67. The second-order valence-corrected chi connectivity index (χ2v) is 6.02. The molecule has 2 heterocycles. The molecule has 0 bridgehead atoms. The number of H-pyrrole nitrogens is 1. The molecule has 0 fully saturated rings. The first-order valence-corrected chi connectivity index (χ1v) is 8.20. The van der Waals surface area contributed by atoms with Crippen LogP contribution in [0.3, 0.4) is 0 Å². The van der Waals surface area contributed by atoms with Gasteiger partial charge in [-0.2, -0.15) is 5.10 Å². The fourth-order valence-electron chi connectivity index (χ4n) is 2.93. The predicted molar refractivity (Wildman–Crippen MR) is 101 cm³/mol. The molecule has 2 aromatic carbocycles. The fourth-order valence-corrected chi connectivity index (χ4v) is 2.93. The molecule has 4 rings (SSSR count). The molecule has 2 aromatic heterocycles. The van der Waals surface area contributed by atoms with Crippen LogP contribution in [0.2, 0.25) is 0 Å². The number of nitrogens with two attached hydrogens (primary N) is 1. The molecule has 6 heteroatoms. The van der Waals surface area contributed by atoms with Crippen LogP contribution in [0.25, 0.3) is 22.0 Å². The lowest BCUT2D eigenvalue weighted by atomic mass is 10.0. The molecule has 0 saturated carbocycles. The Morgan fingerprint density at radius 3 is 2.65 bits per heavy atom. The zero-order valence-electron chi connectivity index (χ0n) is 13.9. The number of fused-ring (bicyclic) bond motifs is 1. The zero-order chi connectivity index (χ0) is 17.9. The van der Waals surface area contributed by atoms with Gasteiger partial charge in [-0.05, 0) is 29.3 Å². The van der Waals surface area contributed by atoms with Gasteiger partial charge in [0.15, 0.2) is 0 Å². The number of aromatic nitrogens is 3. The number of hydrogen-bond donors (Lipinski definition) is 3. The summed E-state index contributed by atoms with van der Waals surface area (Å²) in [4.78, 5) is 16.2. The van der Waals surface area contributed by atoms with Crippen molar-refractivity contribution in [2.75, 3.05) is 5.32 Å². The average molecular weight is 343 g/mol. The topological polar surface area (TPSA) is 96.7 Å². The minimum absolute atomic E-state index is 0.443. The van der Waals surface area contributed by atoms with Crippen LogP contribution < -0.4 is 11.1 Å². The van der Waals surface area contributed by atoms with E-state index in [1.165, 1.54) is 0 Å². The standard InChI is InChI=1S/C20H17N5O/c21-20(26)19(13-4-2-1-3-5-13)24-17-9-15(10-22-12-17)14-6-7-18-16(8-14)11-23-25-18/h1-12,19,24H,(H2,21,26)(H,23,25)/t19-/m0/s1. The Morgan fingerprint density at radius 2 is 1.85 bits per heavy atom. The number of hydrogen-bond acceptors (Lipinski definition) is 4. The molecule has 6 nitrogen and oxygen atoms in total. The smallest absolute Gasteiger partial charge is 0.244 e. The third kappa shape index (κ3) is 3.12. The number of aromatic amines is 1. The highest BCUT2D eigenvalue weighted by Crippen LogP contribution is 2.26. The molecule has 26 heavy (non-hydrogen) atoms. The summed E-state index contributed by atoms with van der Waals surface area (Å²) >= 11 is 0. The molecule has 1 amide bonds. The van der Waals surface area contributed by atoms with Gasteiger partial charge < -0.3 is 11.1 Å². The van der Waals surface area contributed by atoms with E-state index in [0.29, 0.717) is 0 Å². The molecular weight excluding hydrogens is 326 g/mol. The maximum Gasteiger partial charge on any atom is 0.244 e. The van der Waals surface area contributed by atoms with Gasteiger partial charge in [0.1, 0.15) is 6.04 Å². The average Bonchev–Trinajstić information content (AvgIpc) is 3.14. The Kier molecular flexibility index (Phi) is 4.07. The van der Waals surface area contributed by atoms with E-state index in [1.807, 2.05) is 54.6 Å². The van der Waals surface area contributed by atoms with Gasteiger partial charge in [0.2, 0.25) is 5.91 Å². The van der Waals surface area contributed by atoms with Crippen LogP contribution in [-0.4, -0.2) is 21.1 Å². The van der Waals surface area contributed by atoms with Gasteiger partial charge in [0, 0.05) is 17.1 Å². The lowest BCUT2D eigenvalue weighted by molar-refractivity contribution is -0.118. The van der Waals surface area contributed by atoms with Crippen LogP contribution in [0.15, 0.2) is 73.2 Å². The van der Waals surface area contributed by atoms with Gasteiger partial charge in [0.05, 0.1) is 23.6 Å². The summed E-state index contributed by atoms with van der Waals surface area (Å²) in [5.74, 6) is -0.443. The highest BCUT2D eigenvalue weighted by molar-refractivity contribution is 5.86. The largest absolute Gasteiger partial charge is 0.369 e. The number of rotatable bonds is 5. The summed E-state index contributed by atoms with van der Waals surface area (Å²) in [6.45, 7) is 0. The molecule has 0 aliphatic carbocycles. The summed E-state index contributed by atoms with van der Waals surface area (Å²) < 4.78 is 0. The molecule has 4 N–H and O–H groups in total. The first-order valence-electron chi connectivity index (χ1n) is 8.20. The molecule has 0 radical (unpaired) electrons. The molecule has 0 saturated heterocycles. The monoisotopic (exact) mass is 343 g/mol. The van der Waals surface area contributed by atoms with E-state index in [4.69, 9.17) is 5.73 Å². The SMILES string of the molecule is NC(=O)[C@@H](Nc1cncc(-c2ccc3[nH]ncc3c2)c1)c1ccccc1. The van der Waals surface area contributed by atoms with Crippen molar-refractivity contribution in [1.29, 1.82) is 0 Å². The molecule has 128 valence electrons. The van der Waals surface area contributed by atoms with E-state index in [9.17, 15) is 4.79 Å². The van der Waals surface area contributed by atoms with Crippen molar-refractivity contribution in [2.24, 2.45) is 5.73 Å². The minimum Gasteiger partial charge on any atom is -0.369 e. The number of pyridine rings is 1. The third-order valence-corrected chi connectivity index (χ3v) is 4.24. The summed E-state index contributed by atoms with van der Waals surface area (Å²) in [5, 5.41) is 11.2. The van der Waals surface area contributed by atoms with Crippen LogP contribution in [0.1, 0.15) is 11.6 Å². The van der Waals surface area contributed by atoms with E-state index in [2.05, 4.69) is 20.5 Å². The summed E-state index contributed by atoms with van der Waals surface area (Å²) in [6, 6.07) is 16.7.